The van der Waals surface area contributed by atoms with Gasteiger partial charge >= 0.3 is 5.69 Å². The normalized spacial score (nSPS) is 13.3. The van der Waals surface area contributed by atoms with E-state index >= 15 is 0 Å². The van der Waals surface area contributed by atoms with Crippen LogP contribution in [0.2, 0.25) is 0 Å². The average molecular weight is 761 g/mol. The molecule has 11 nitrogen and oxygen atoms in total. The largest absolute Gasteiger partial charge is 0.497 e. The van der Waals surface area contributed by atoms with Gasteiger partial charge in [-0.05, 0) is 84.8 Å². The third-order valence-corrected chi connectivity index (χ3v) is 9.25. The number of nitrogens with zero attached hydrogens (tertiary/aromatic N) is 8. The van der Waals surface area contributed by atoms with Crippen LogP contribution in [-0.2, 0) is 13.1 Å². The smallest absolute Gasteiger partial charge is 0.350 e. The van der Waals surface area contributed by atoms with Crippen molar-refractivity contribution in [1.29, 1.82) is 0 Å². The second kappa shape index (κ2) is 21.0. The van der Waals surface area contributed by atoms with Gasteiger partial charge in [-0.2, -0.15) is 10.2 Å². The Balaban J connectivity index is 0.000000248. The molecule has 0 radical (unpaired) electrons. The standard InChI is InChI=1S/C25H33N5O2.C13H15F2N3O.C4H10/c1-25(2,3)13-14-30-24(31)29(19-26-30)22-7-5-20(6-8-22)27-15-17-28(18-16-27)21-9-11-23(32-4)12-10-21;1-10(4-5-18-9-16-8-17-18)7-19-13-3-2-11(14)6-12(13)15;1-3-4-2/h5-12,19H,13-18H2,1-4H3;2-3,6,8-10H,4-5,7H2,1H3;3-4H2,1-2H3/t;10-;/m.1./s1. The number of unbranched alkanes of at least 4 members (excludes halogenated alkanes) is 1. The second-order valence-corrected chi connectivity index (χ2v) is 14.9. The zero-order valence-electron chi connectivity index (χ0n) is 33.5. The lowest BCUT2D eigenvalue weighted by Crippen LogP contribution is -2.46. The summed E-state index contributed by atoms with van der Waals surface area (Å²) < 4.78 is 41.5. The first-order valence-corrected chi connectivity index (χ1v) is 19.2. The molecule has 298 valence electrons. The van der Waals surface area contributed by atoms with Gasteiger partial charge in [0.05, 0.1) is 19.4 Å². The van der Waals surface area contributed by atoms with Crippen molar-refractivity contribution in [2.75, 3.05) is 49.7 Å². The molecule has 0 amide bonds. The number of halogens is 2. The topological polar surface area (TPSA) is 95.5 Å². The zero-order valence-corrected chi connectivity index (χ0v) is 33.5. The van der Waals surface area contributed by atoms with Gasteiger partial charge in [0, 0.05) is 56.7 Å². The number of ether oxygens (including phenoxy) is 2. The molecule has 3 aromatic carbocycles. The Morgan fingerprint density at radius 1 is 0.800 bits per heavy atom. The van der Waals surface area contributed by atoms with E-state index in [0.29, 0.717) is 13.2 Å². The predicted molar refractivity (Wildman–Crippen MR) is 216 cm³/mol. The number of rotatable bonds is 13. The predicted octanol–water partition coefficient (Wildman–Crippen LogP) is 8.27. The second-order valence-electron chi connectivity index (χ2n) is 14.9. The summed E-state index contributed by atoms with van der Waals surface area (Å²) in [6.45, 7) is 18.5. The lowest BCUT2D eigenvalue weighted by molar-refractivity contribution is 0.235. The van der Waals surface area contributed by atoms with Crippen molar-refractivity contribution in [2.24, 2.45) is 11.3 Å². The highest BCUT2D eigenvalue weighted by Crippen LogP contribution is 2.24. The molecule has 0 saturated carbocycles. The minimum absolute atomic E-state index is 0.0778. The van der Waals surface area contributed by atoms with Crippen LogP contribution < -0.4 is 25.0 Å². The SMILES string of the molecule is CCCC.COc1ccc(N2CCN(c3ccc(-n4cnn(CCC(C)(C)C)c4=O)cc3)CC2)cc1.C[C@H](CCn1cncn1)COc1ccc(F)cc1F. The van der Waals surface area contributed by atoms with E-state index < -0.39 is 11.6 Å². The van der Waals surface area contributed by atoms with Crippen molar-refractivity contribution >= 4 is 11.4 Å². The van der Waals surface area contributed by atoms with Crippen LogP contribution in [0.3, 0.4) is 0 Å². The number of hydrogen-bond donors (Lipinski definition) is 0. The van der Waals surface area contributed by atoms with Crippen LogP contribution in [0.15, 0.2) is 90.5 Å². The third kappa shape index (κ3) is 13.6. The monoisotopic (exact) mass is 760 g/mol. The van der Waals surface area contributed by atoms with Crippen molar-refractivity contribution in [1.82, 2.24) is 29.1 Å². The van der Waals surface area contributed by atoms with Crippen molar-refractivity contribution in [2.45, 2.75) is 80.3 Å². The Morgan fingerprint density at radius 2 is 1.40 bits per heavy atom. The molecule has 1 aliphatic rings. The molecule has 0 spiro atoms. The summed E-state index contributed by atoms with van der Waals surface area (Å²) in [7, 11) is 1.69. The molecule has 3 heterocycles. The van der Waals surface area contributed by atoms with Crippen LogP contribution in [0.1, 0.15) is 67.2 Å². The van der Waals surface area contributed by atoms with Gasteiger partial charge in [-0.15, -0.1) is 0 Å². The Labute approximate surface area is 324 Å². The number of piperazine rings is 1. The number of aryl methyl sites for hydroxylation is 2. The van der Waals surface area contributed by atoms with Crippen LogP contribution in [-0.4, -0.2) is 69.0 Å². The number of hydrogen-bond acceptors (Lipinski definition) is 8. The number of methoxy groups -OCH3 is 1. The highest BCUT2D eigenvalue weighted by atomic mass is 19.1. The molecule has 6 rings (SSSR count). The summed E-state index contributed by atoms with van der Waals surface area (Å²) >= 11 is 0. The lowest BCUT2D eigenvalue weighted by atomic mass is 9.92. The molecule has 1 atom stereocenters. The minimum atomic E-state index is -0.677. The zero-order chi connectivity index (χ0) is 39.8. The van der Waals surface area contributed by atoms with Crippen LogP contribution in [0.25, 0.3) is 5.69 Å². The molecule has 13 heteroatoms. The molecule has 0 unspecified atom stereocenters. The van der Waals surface area contributed by atoms with Crippen molar-refractivity contribution in [3.63, 3.8) is 0 Å². The lowest BCUT2D eigenvalue weighted by Gasteiger charge is -2.37. The van der Waals surface area contributed by atoms with E-state index in [2.05, 4.69) is 83.9 Å². The van der Waals surface area contributed by atoms with Crippen LogP contribution in [0, 0.1) is 23.0 Å². The summed E-state index contributed by atoms with van der Waals surface area (Å²) in [6, 6.07) is 19.7. The molecule has 1 aliphatic heterocycles. The molecule has 0 aliphatic carbocycles. The molecule has 1 saturated heterocycles. The molecule has 0 N–H and O–H groups in total. The molecule has 5 aromatic rings. The van der Waals surface area contributed by atoms with E-state index in [-0.39, 0.29) is 22.8 Å². The fourth-order valence-corrected chi connectivity index (χ4v) is 5.56. The van der Waals surface area contributed by atoms with E-state index in [1.807, 2.05) is 31.2 Å². The number of benzene rings is 3. The summed E-state index contributed by atoms with van der Waals surface area (Å²) in [4.78, 5) is 21.4. The summed E-state index contributed by atoms with van der Waals surface area (Å²) in [5.74, 6) is -0.0958. The quantitative estimate of drug-likeness (QED) is 0.118. The summed E-state index contributed by atoms with van der Waals surface area (Å²) in [5.41, 5.74) is 3.33. The first kappa shape index (κ1) is 42.5. The van der Waals surface area contributed by atoms with E-state index in [9.17, 15) is 13.6 Å². The van der Waals surface area contributed by atoms with E-state index in [1.54, 1.807) is 33.7 Å². The first-order valence-electron chi connectivity index (χ1n) is 19.2. The first-order chi connectivity index (χ1) is 26.4. The van der Waals surface area contributed by atoms with E-state index in [0.717, 1.165) is 63.1 Å². The van der Waals surface area contributed by atoms with Gasteiger partial charge in [-0.3, -0.25) is 4.68 Å². The van der Waals surface area contributed by atoms with Gasteiger partial charge in [0.25, 0.3) is 0 Å². The molecular formula is C42H58F2N8O3. The fraction of sp³-hybridized carbons (Fsp3) is 0.476. The summed E-state index contributed by atoms with van der Waals surface area (Å²) in [5, 5.41) is 8.29. The average Bonchev–Trinajstić information content (AvgIpc) is 3.86. The fourth-order valence-electron chi connectivity index (χ4n) is 5.56. The van der Waals surface area contributed by atoms with Crippen LogP contribution >= 0.6 is 0 Å². The molecule has 2 aromatic heterocycles. The van der Waals surface area contributed by atoms with E-state index in [4.69, 9.17) is 9.47 Å². The Bertz CT molecular complexity index is 1880. The van der Waals surface area contributed by atoms with Gasteiger partial charge < -0.3 is 19.3 Å². The highest BCUT2D eigenvalue weighted by Gasteiger charge is 2.18. The molecule has 1 fully saturated rings. The third-order valence-electron chi connectivity index (χ3n) is 9.25. The van der Waals surface area contributed by atoms with Crippen molar-refractivity contribution in [3.05, 3.63) is 108 Å². The Kier molecular flexibility index (Phi) is 16.3. The van der Waals surface area contributed by atoms with Gasteiger partial charge in [-0.1, -0.05) is 54.4 Å². The Hall–Kier alpha value is -5.20. The highest BCUT2D eigenvalue weighted by molar-refractivity contribution is 5.54. The summed E-state index contributed by atoms with van der Waals surface area (Å²) in [6.07, 6.45) is 9.13. The number of aromatic nitrogens is 6. The van der Waals surface area contributed by atoms with Gasteiger partial charge in [0.1, 0.15) is 30.5 Å². The number of anilines is 2. The Morgan fingerprint density at radius 3 is 1.93 bits per heavy atom. The van der Waals surface area contributed by atoms with Crippen LogP contribution in [0.4, 0.5) is 20.2 Å². The maximum absolute atomic E-state index is 13.3. The van der Waals surface area contributed by atoms with Crippen molar-refractivity contribution in [3.8, 4) is 17.2 Å². The van der Waals surface area contributed by atoms with E-state index in [1.165, 1.54) is 42.7 Å². The molecule has 0 bridgehead atoms. The van der Waals surface area contributed by atoms with Gasteiger partial charge in [-0.25, -0.2) is 27.8 Å². The minimum Gasteiger partial charge on any atom is -0.497 e. The maximum atomic E-state index is 13.3. The maximum Gasteiger partial charge on any atom is 0.350 e. The van der Waals surface area contributed by atoms with Crippen LogP contribution in [0.5, 0.6) is 11.5 Å². The van der Waals surface area contributed by atoms with Gasteiger partial charge in [0.15, 0.2) is 11.6 Å². The van der Waals surface area contributed by atoms with Gasteiger partial charge in [0.2, 0.25) is 0 Å². The molecular weight excluding hydrogens is 703 g/mol. The molecule has 55 heavy (non-hydrogen) atoms. The van der Waals surface area contributed by atoms with Crippen molar-refractivity contribution < 1.29 is 18.3 Å².